The Kier molecular flexibility index (Phi) is 4.53. The Balaban J connectivity index is 1.66. The van der Waals surface area contributed by atoms with E-state index >= 15 is 0 Å². The molecule has 0 aliphatic heterocycles. The lowest BCUT2D eigenvalue weighted by Crippen LogP contribution is -2.45. The van der Waals surface area contributed by atoms with E-state index in [-0.39, 0.29) is 23.6 Å². The number of carbonyl (C=O) groups excluding carboxylic acids is 1. The number of aromatic nitrogens is 3. The highest BCUT2D eigenvalue weighted by Crippen LogP contribution is 2.43. The van der Waals surface area contributed by atoms with Gasteiger partial charge in [0.1, 0.15) is 6.54 Å². The minimum absolute atomic E-state index is 0.0996. The predicted molar refractivity (Wildman–Crippen MR) is 87.0 cm³/mol. The molecule has 0 radical (unpaired) electrons. The van der Waals surface area contributed by atoms with Crippen LogP contribution in [0.5, 0.6) is 0 Å². The lowest BCUT2D eigenvalue weighted by Gasteiger charge is -2.42. The zero-order valence-corrected chi connectivity index (χ0v) is 13.7. The summed E-state index contributed by atoms with van der Waals surface area (Å²) in [6, 6.07) is 7.71. The molecule has 24 heavy (non-hydrogen) atoms. The number of aliphatic carboxylic acids is 1. The Morgan fingerprint density at radius 3 is 2.79 bits per heavy atom. The van der Waals surface area contributed by atoms with Crippen molar-refractivity contribution < 1.29 is 14.7 Å². The summed E-state index contributed by atoms with van der Waals surface area (Å²) in [5.41, 5.74) is 1.13. The number of carboxylic acids is 1. The molecule has 7 nitrogen and oxygen atoms in total. The van der Waals surface area contributed by atoms with E-state index in [1.807, 2.05) is 24.3 Å². The molecule has 1 heterocycles. The lowest BCUT2D eigenvalue weighted by atomic mass is 9.64. The number of carbonyl (C=O) groups is 2. The van der Waals surface area contributed by atoms with Crippen molar-refractivity contribution in [3.63, 3.8) is 0 Å². The number of benzene rings is 1. The van der Waals surface area contributed by atoms with Crippen LogP contribution in [0.25, 0.3) is 0 Å². The van der Waals surface area contributed by atoms with Gasteiger partial charge < -0.3 is 10.4 Å². The largest absolute Gasteiger partial charge is 0.480 e. The van der Waals surface area contributed by atoms with E-state index < -0.39 is 5.97 Å². The molecule has 0 spiro atoms. The van der Waals surface area contributed by atoms with E-state index in [1.165, 1.54) is 6.20 Å². The van der Waals surface area contributed by atoms with E-state index in [1.54, 1.807) is 0 Å². The molecule has 0 atom stereocenters. The fraction of sp³-hybridized carbons (Fsp3) is 0.375. The summed E-state index contributed by atoms with van der Waals surface area (Å²) < 4.78 is 1.12. The number of hydrogen-bond donors (Lipinski definition) is 2. The summed E-state index contributed by atoms with van der Waals surface area (Å²) in [5.74, 6) is -1.40. The molecule has 0 bridgehead atoms. The van der Waals surface area contributed by atoms with Crippen molar-refractivity contribution in [3.8, 4) is 0 Å². The SMILES string of the molecule is O=C(O)Cn1cc(C(=O)NCC2(c3cccc(Cl)c3)CCC2)nn1. The van der Waals surface area contributed by atoms with Gasteiger partial charge in [0, 0.05) is 17.0 Å². The lowest BCUT2D eigenvalue weighted by molar-refractivity contribution is -0.137. The van der Waals surface area contributed by atoms with Gasteiger partial charge >= 0.3 is 5.97 Å². The Morgan fingerprint density at radius 2 is 2.17 bits per heavy atom. The molecule has 0 saturated heterocycles. The first kappa shape index (κ1) is 16.4. The molecule has 8 heteroatoms. The van der Waals surface area contributed by atoms with Crippen LogP contribution in [0.15, 0.2) is 30.5 Å². The standard InChI is InChI=1S/C16H17ClN4O3/c17-12-4-1-3-11(7-12)16(5-2-6-16)10-18-15(24)13-8-21(20-19-13)9-14(22)23/h1,3-4,7-8H,2,5-6,9-10H2,(H,18,24)(H,22,23). The fourth-order valence-corrected chi connectivity index (χ4v) is 3.14. The van der Waals surface area contributed by atoms with Crippen LogP contribution in [0.4, 0.5) is 0 Å². The molecular weight excluding hydrogens is 332 g/mol. The maximum Gasteiger partial charge on any atom is 0.325 e. The smallest absolute Gasteiger partial charge is 0.325 e. The van der Waals surface area contributed by atoms with Gasteiger partial charge in [0.05, 0.1) is 6.20 Å². The number of carboxylic acid groups (broad SMARTS) is 1. The van der Waals surface area contributed by atoms with Crippen LogP contribution in [-0.4, -0.2) is 38.5 Å². The van der Waals surface area contributed by atoms with Crippen LogP contribution in [0.1, 0.15) is 35.3 Å². The Hall–Kier alpha value is -2.41. The predicted octanol–water partition coefficient (Wildman–Crippen LogP) is 1.87. The van der Waals surface area contributed by atoms with Gasteiger partial charge in [-0.05, 0) is 30.5 Å². The molecule has 126 valence electrons. The highest BCUT2D eigenvalue weighted by atomic mass is 35.5. The van der Waals surface area contributed by atoms with E-state index in [0.29, 0.717) is 11.6 Å². The molecule has 0 unspecified atom stereocenters. The van der Waals surface area contributed by atoms with Gasteiger partial charge in [-0.2, -0.15) is 0 Å². The molecule has 2 N–H and O–H groups in total. The molecule has 3 rings (SSSR count). The summed E-state index contributed by atoms with van der Waals surface area (Å²) in [7, 11) is 0. The maximum atomic E-state index is 12.2. The summed E-state index contributed by atoms with van der Waals surface area (Å²) in [5, 5.41) is 19.6. The van der Waals surface area contributed by atoms with Crippen molar-refractivity contribution in [2.24, 2.45) is 0 Å². The summed E-state index contributed by atoms with van der Waals surface area (Å²) in [4.78, 5) is 22.9. The molecule has 1 fully saturated rings. The monoisotopic (exact) mass is 348 g/mol. The first-order chi connectivity index (χ1) is 11.5. The average molecular weight is 349 g/mol. The van der Waals surface area contributed by atoms with Crippen LogP contribution >= 0.6 is 11.6 Å². The van der Waals surface area contributed by atoms with Crippen molar-refractivity contribution in [3.05, 3.63) is 46.7 Å². The second-order valence-corrected chi connectivity index (χ2v) is 6.46. The molecule has 1 amide bonds. The number of amides is 1. The number of nitrogens with one attached hydrogen (secondary N) is 1. The minimum Gasteiger partial charge on any atom is -0.480 e. The van der Waals surface area contributed by atoms with Crippen molar-refractivity contribution in [1.82, 2.24) is 20.3 Å². The van der Waals surface area contributed by atoms with Crippen LogP contribution in [0, 0.1) is 0 Å². The maximum absolute atomic E-state index is 12.2. The highest BCUT2D eigenvalue weighted by molar-refractivity contribution is 6.30. The average Bonchev–Trinajstić information content (AvgIpc) is 2.94. The summed E-state index contributed by atoms with van der Waals surface area (Å²) in [6.07, 6.45) is 4.41. The Bertz CT molecular complexity index is 770. The molecular formula is C16H17ClN4O3. The van der Waals surface area contributed by atoms with Crippen molar-refractivity contribution in [2.45, 2.75) is 31.2 Å². The van der Waals surface area contributed by atoms with Crippen LogP contribution < -0.4 is 5.32 Å². The second kappa shape index (κ2) is 6.60. The molecule has 1 aliphatic carbocycles. The first-order valence-electron chi connectivity index (χ1n) is 7.65. The van der Waals surface area contributed by atoms with Crippen LogP contribution in [-0.2, 0) is 16.8 Å². The van der Waals surface area contributed by atoms with Gasteiger partial charge in [-0.3, -0.25) is 9.59 Å². The number of rotatable bonds is 6. The summed E-state index contributed by atoms with van der Waals surface area (Å²) in [6.45, 7) is 0.157. The van der Waals surface area contributed by atoms with Gasteiger partial charge in [-0.25, -0.2) is 4.68 Å². The van der Waals surface area contributed by atoms with Gasteiger partial charge in [0.2, 0.25) is 0 Å². The zero-order valence-electron chi connectivity index (χ0n) is 12.9. The number of hydrogen-bond acceptors (Lipinski definition) is 4. The van der Waals surface area contributed by atoms with Gasteiger partial charge in [0.25, 0.3) is 5.91 Å². The number of nitrogens with zero attached hydrogens (tertiary/aromatic N) is 3. The van der Waals surface area contributed by atoms with E-state index in [0.717, 1.165) is 29.5 Å². The fourth-order valence-electron chi connectivity index (χ4n) is 2.95. The molecule has 1 aliphatic rings. The van der Waals surface area contributed by atoms with Crippen LogP contribution in [0.3, 0.4) is 0 Å². The van der Waals surface area contributed by atoms with E-state index in [2.05, 4.69) is 15.6 Å². The van der Waals surface area contributed by atoms with Crippen LogP contribution in [0.2, 0.25) is 5.02 Å². The second-order valence-electron chi connectivity index (χ2n) is 6.02. The molecule has 1 saturated carbocycles. The van der Waals surface area contributed by atoms with Crippen molar-refractivity contribution in [1.29, 1.82) is 0 Å². The van der Waals surface area contributed by atoms with Gasteiger partial charge in [0.15, 0.2) is 5.69 Å². The topological polar surface area (TPSA) is 97.1 Å². The highest BCUT2D eigenvalue weighted by Gasteiger charge is 2.39. The van der Waals surface area contributed by atoms with Gasteiger partial charge in [-0.1, -0.05) is 35.4 Å². The normalized spacial score (nSPS) is 15.5. The summed E-state index contributed by atoms with van der Waals surface area (Å²) >= 11 is 6.08. The zero-order chi connectivity index (χ0) is 17.2. The quantitative estimate of drug-likeness (QED) is 0.830. The molecule has 1 aromatic heterocycles. The molecule has 1 aromatic carbocycles. The third kappa shape index (κ3) is 3.41. The van der Waals surface area contributed by atoms with E-state index in [9.17, 15) is 9.59 Å². The molecule has 2 aromatic rings. The number of halogens is 1. The first-order valence-corrected chi connectivity index (χ1v) is 8.02. The third-order valence-corrected chi connectivity index (χ3v) is 4.64. The van der Waals surface area contributed by atoms with Gasteiger partial charge in [-0.15, -0.1) is 5.10 Å². The van der Waals surface area contributed by atoms with E-state index in [4.69, 9.17) is 16.7 Å². The van der Waals surface area contributed by atoms with Crippen molar-refractivity contribution >= 4 is 23.5 Å². The Morgan fingerprint density at radius 1 is 1.38 bits per heavy atom. The Labute approximate surface area is 143 Å². The van der Waals surface area contributed by atoms with Crippen molar-refractivity contribution in [2.75, 3.05) is 6.54 Å². The third-order valence-electron chi connectivity index (χ3n) is 4.40. The minimum atomic E-state index is -1.04.